The Morgan fingerprint density at radius 1 is 1.33 bits per heavy atom. The first-order valence-corrected chi connectivity index (χ1v) is 7.24. The molecule has 0 spiro atoms. The molecule has 0 bridgehead atoms. The summed E-state index contributed by atoms with van der Waals surface area (Å²) in [6.07, 6.45) is 7.92. The highest BCUT2D eigenvalue weighted by molar-refractivity contribution is 5.86. The van der Waals surface area contributed by atoms with E-state index in [2.05, 4.69) is 13.0 Å². The molecule has 0 aromatic rings. The molecule has 0 saturated heterocycles. The first-order chi connectivity index (χ1) is 8.57. The van der Waals surface area contributed by atoms with Crippen LogP contribution in [0.15, 0.2) is 0 Å². The van der Waals surface area contributed by atoms with E-state index in [1.807, 2.05) is 11.9 Å². The van der Waals surface area contributed by atoms with Gasteiger partial charge in [-0.3, -0.25) is 4.79 Å². The van der Waals surface area contributed by atoms with Gasteiger partial charge in [0.15, 0.2) is 0 Å². The van der Waals surface area contributed by atoms with Crippen molar-refractivity contribution in [3.05, 3.63) is 0 Å². The van der Waals surface area contributed by atoms with Gasteiger partial charge in [-0.05, 0) is 37.5 Å². The van der Waals surface area contributed by atoms with Crippen LogP contribution in [0.25, 0.3) is 0 Å². The first kappa shape index (κ1) is 13.4. The summed E-state index contributed by atoms with van der Waals surface area (Å²) in [5.41, 5.74) is -0.692. The minimum absolute atomic E-state index is 0.0636. The molecule has 2 fully saturated rings. The van der Waals surface area contributed by atoms with Gasteiger partial charge in [-0.2, -0.15) is 5.26 Å². The van der Waals surface area contributed by atoms with Crippen molar-refractivity contribution in [3.8, 4) is 6.07 Å². The monoisotopic (exact) mass is 248 g/mol. The lowest BCUT2D eigenvalue weighted by atomic mass is 9.62. The Balaban J connectivity index is 1.90. The van der Waals surface area contributed by atoms with E-state index < -0.39 is 5.41 Å². The molecule has 0 aromatic carbocycles. The van der Waals surface area contributed by atoms with Crippen molar-refractivity contribution >= 4 is 5.91 Å². The molecule has 0 heterocycles. The molecule has 100 valence electrons. The Kier molecular flexibility index (Phi) is 3.94. The number of nitriles is 1. The SMILES string of the molecule is CC1CC(C#N)(C(=O)N(C)CC2CCCCC2)C1. The van der Waals surface area contributed by atoms with Crippen LogP contribution in [0.2, 0.25) is 0 Å². The van der Waals surface area contributed by atoms with Crippen molar-refractivity contribution in [2.45, 2.75) is 51.9 Å². The van der Waals surface area contributed by atoms with E-state index in [-0.39, 0.29) is 5.91 Å². The summed E-state index contributed by atoms with van der Waals surface area (Å²) in [6, 6.07) is 2.27. The van der Waals surface area contributed by atoms with Crippen LogP contribution in [0.5, 0.6) is 0 Å². The average Bonchev–Trinajstić information content (AvgIpc) is 2.35. The molecule has 0 unspecified atom stereocenters. The second-order valence-electron chi connectivity index (χ2n) is 6.40. The Hall–Kier alpha value is -1.04. The lowest BCUT2D eigenvalue weighted by Crippen LogP contribution is -2.49. The van der Waals surface area contributed by atoms with Gasteiger partial charge in [0.05, 0.1) is 6.07 Å². The van der Waals surface area contributed by atoms with E-state index in [9.17, 15) is 10.1 Å². The van der Waals surface area contributed by atoms with Gasteiger partial charge in [0.25, 0.3) is 0 Å². The summed E-state index contributed by atoms with van der Waals surface area (Å²) in [4.78, 5) is 14.2. The minimum atomic E-state index is -0.692. The van der Waals surface area contributed by atoms with Gasteiger partial charge in [0.1, 0.15) is 5.41 Å². The Labute approximate surface area is 110 Å². The van der Waals surface area contributed by atoms with E-state index >= 15 is 0 Å². The lowest BCUT2D eigenvalue weighted by Gasteiger charge is -2.42. The number of hydrogen-bond donors (Lipinski definition) is 0. The van der Waals surface area contributed by atoms with Crippen LogP contribution in [-0.4, -0.2) is 24.4 Å². The quantitative estimate of drug-likeness (QED) is 0.770. The predicted octanol–water partition coefficient (Wildman–Crippen LogP) is 2.96. The number of amides is 1. The maximum atomic E-state index is 12.4. The summed E-state index contributed by atoms with van der Waals surface area (Å²) in [5, 5.41) is 9.28. The summed E-state index contributed by atoms with van der Waals surface area (Å²) in [7, 11) is 1.87. The van der Waals surface area contributed by atoms with E-state index in [0.717, 1.165) is 19.4 Å². The predicted molar refractivity (Wildman–Crippen MR) is 70.7 cm³/mol. The third-order valence-electron chi connectivity index (χ3n) is 4.62. The zero-order valence-corrected chi connectivity index (χ0v) is 11.6. The Morgan fingerprint density at radius 2 is 1.94 bits per heavy atom. The van der Waals surface area contributed by atoms with Gasteiger partial charge in [0.2, 0.25) is 5.91 Å². The van der Waals surface area contributed by atoms with Gasteiger partial charge < -0.3 is 4.90 Å². The number of rotatable bonds is 3. The molecule has 2 rings (SSSR count). The van der Waals surface area contributed by atoms with Gasteiger partial charge in [0, 0.05) is 13.6 Å². The van der Waals surface area contributed by atoms with E-state index in [1.165, 1.54) is 32.1 Å². The van der Waals surface area contributed by atoms with Crippen LogP contribution >= 0.6 is 0 Å². The summed E-state index contributed by atoms with van der Waals surface area (Å²) >= 11 is 0. The number of nitrogens with zero attached hydrogens (tertiary/aromatic N) is 2. The van der Waals surface area contributed by atoms with Crippen LogP contribution in [0, 0.1) is 28.6 Å². The van der Waals surface area contributed by atoms with E-state index in [0.29, 0.717) is 11.8 Å². The van der Waals surface area contributed by atoms with Gasteiger partial charge in [-0.1, -0.05) is 26.2 Å². The molecule has 0 aliphatic heterocycles. The highest BCUT2D eigenvalue weighted by Gasteiger charge is 2.50. The molecular weight excluding hydrogens is 224 g/mol. The second kappa shape index (κ2) is 5.30. The fourth-order valence-corrected chi connectivity index (χ4v) is 3.65. The molecule has 2 aliphatic rings. The standard InChI is InChI=1S/C15H24N2O/c1-12-8-15(9-12,11-16)14(18)17(2)10-13-6-4-3-5-7-13/h12-13H,3-10H2,1-2H3. The van der Waals surface area contributed by atoms with Crippen LogP contribution in [0.1, 0.15) is 51.9 Å². The van der Waals surface area contributed by atoms with Gasteiger partial charge in [-0.25, -0.2) is 0 Å². The van der Waals surface area contributed by atoms with Crippen LogP contribution in [0.3, 0.4) is 0 Å². The molecule has 2 aliphatic carbocycles. The van der Waals surface area contributed by atoms with Crippen LogP contribution in [0.4, 0.5) is 0 Å². The third kappa shape index (κ3) is 2.53. The molecular formula is C15H24N2O. The van der Waals surface area contributed by atoms with Crippen molar-refractivity contribution in [1.29, 1.82) is 5.26 Å². The highest BCUT2D eigenvalue weighted by atomic mass is 16.2. The van der Waals surface area contributed by atoms with Crippen LogP contribution < -0.4 is 0 Å². The topological polar surface area (TPSA) is 44.1 Å². The molecule has 0 N–H and O–H groups in total. The van der Waals surface area contributed by atoms with E-state index in [1.54, 1.807) is 0 Å². The Morgan fingerprint density at radius 3 is 2.44 bits per heavy atom. The molecule has 0 aromatic heterocycles. The number of carbonyl (C=O) groups excluding carboxylic acids is 1. The average molecular weight is 248 g/mol. The van der Waals surface area contributed by atoms with Gasteiger partial charge in [-0.15, -0.1) is 0 Å². The highest BCUT2D eigenvalue weighted by Crippen LogP contribution is 2.46. The van der Waals surface area contributed by atoms with Crippen molar-refractivity contribution < 1.29 is 4.79 Å². The van der Waals surface area contributed by atoms with Crippen molar-refractivity contribution in [2.24, 2.45) is 17.3 Å². The fraction of sp³-hybridized carbons (Fsp3) is 0.867. The van der Waals surface area contributed by atoms with Crippen molar-refractivity contribution in [2.75, 3.05) is 13.6 Å². The normalized spacial score (nSPS) is 32.4. The van der Waals surface area contributed by atoms with Gasteiger partial charge >= 0.3 is 0 Å². The first-order valence-electron chi connectivity index (χ1n) is 7.24. The lowest BCUT2D eigenvalue weighted by molar-refractivity contribution is -0.144. The van der Waals surface area contributed by atoms with E-state index in [4.69, 9.17) is 0 Å². The largest absolute Gasteiger partial charge is 0.344 e. The zero-order chi connectivity index (χ0) is 13.2. The molecule has 3 heteroatoms. The molecule has 0 atom stereocenters. The second-order valence-corrected chi connectivity index (χ2v) is 6.40. The number of carbonyl (C=O) groups is 1. The molecule has 2 saturated carbocycles. The number of hydrogen-bond acceptors (Lipinski definition) is 2. The fourth-order valence-electron chi connectivity index (χ4n) is 3.65. The van der Waals surface area contributed by atoms with Crippen molar-refractivity contribution in [3.63, 3.8) is 0 Å². The summed E-state index contributed by atoms with van der Waals surface area (Å²) < 4.78 is 0. The summed E-state index contributed by atoms with van der Waals surface area (Å²) in [6.45, 7) is 2.96. The minimum Gasteiger partial charge on any atom is -0.344 e. The summed E-state index contributed by atoms with van der Waals surface area (Å²) in [5.74, 6) is 1.24. The molecule has 18 heavy (non-hydrogen) atoms. The zero-order valence-electron chi connectivity index (χ0n) is 11.6. The molecule has 3 nitrogen and oxygen atoms in total. The maximum absolute atomic E-state index is 12.4. The van der Waals surface area contributed by atoms with Crippen LogP contribution in [-0.2, 0) is 4.79 Å². The molecule has 1 amide bonds. The Bertz CT molecular complexity index is 346. The third-order valence-corrected chi connectivity index (χ3v) is 4.62. The smallest absolute Gasteiger partial charge is 0.242 e. The van der Waals surface area contributed by atoms with Crippen molar-refractivity contribution in [1.82, 2.24) is 4.90 Å². The molecule has 0 radical (unpaired) electrons. The maximum Gasteiger partial charge on any atom is 0.242 e.